The van der Waals surface area contributed by atoms with Crippen molar-refractivity contribution in [3.63, 3.8) is 0 Å². The van der Waals surface area contributed by atoms with E-state index in [9.17, 15) is 4.79 Å². The van der Waals surface area contributed by atoms with Crippen molar-refractivity contribution in [2.24, 2.45) is 5.92 Å². The summed E-state index contributed by atoms with van der Waals surface area (Å²) in [5.74, 6) is 0.472. The van der Waals surface area contributed by atoms with Gasteiger partial charge in [0.25, 0.3) is 0 Å². The Labute approximate surface area is 48.8 Å². The molecule has 8 heavy (non-hydrogen) atoms. The molecule has 46 valence electrons. The van der Waals surface area contributed by atoms with E-state index in [1.165, 1.54) is 0 Å². The second kappa shape index (κ2) is 2.16. The maximum atomic E-state index is 10.4. The minimum absolute atomic E-state index is 0.0307. The topological polar surface area (TPSA) is 26.3 Å². The molecule has 1 atom stereocenters. The Morgan fingerprint density at radius 3 is 2.88 bits per heavy atom. The minimum atomic E-state index is -0.0307. The normalized spacial score (nSPS) is 28.1. The molecule has 0 aromatic heterocycles. The molecule has 0 saturated carbocycles. The Kier molecular flexibility index (Phi) is 1.51. The zero-order valence-electron chi connectivity index (χ0n) is 5.02. The molecule has 0 N–H and O–H groups in total. The SMILES string of the molecule is CCC1COC(=O)C1. The molecule has 0 aliphatic carbocycles. The second-order valence-corrected chi connectivity index (χ2v) is 2.16. The van der Waals surface area contributed by atoms with E-state index in [-0.39, 0.29) is 5.97 Å². The molecule has 1 saturated heterocycles. The van der Waals surface area contributed by atoms with E-state index in [0.29, 0.717) is 18.9 Å². The maximum absolute atomic E-state index is 10.4. The lowest BCUT2D eigenvalue weighted by atomic mass is 10.1. The van der Waals surface area contributed by atoms with Crippen molar-refractivity contribution in [2.75, 3.05) is 6.61 Å². The number of rotatable bonds is 1. The van der Waals surface area contributed by atoms with Crippen molar-refractivity contribution in [2.45, 2.75) is 19.8 Å². The summed E-state index contributed by atoms with van der Waals surface area (Å²) < 4.78 is 4.72. The highest BCUT2D eigenvalue weighted by Crippen LogP contribution is 2.16. The first-order chi connectivity index (χ1) is 3.83. The summed E-state index contributed by atoms with van der Waals surface area (Å²) in [4.78, 5) is 10.4. The minimum Gasteiger partial charge on any atom is -0.465 e. The number of hydrogen-bond acceptors (Lipinski definition) is 2. The molecule has 0 spiro atoms. The molecular formula is C6H10O2. The van der Waals surface area contributed by atoms with Crippen LogP contribution in [0.2, 0.25) is 0 Å². The van der Waals surface area contributed by atoms with Crippen molar-refractivity contribution in [1.29, 1.82) is 0 Å². The van der Waals surface area contributed by atoms with Gasteiger partial charge in [-0.05, 0) is 6.42 Å². The molecule has 2 heteroatoms. The third kappa shape index (κ3) is 0.997. The Balaban J connectivity index is 2.32. The zero-order valence-corrected chi connectivity index (χ0v) is 5.02. The molecule has 1 heterocycles. The van der Waals surface area contributed by atoms with Crippen LogP contribution in [0.4, 0.5) is 0 Å². The Bertz CT molecular complexity index is 98.7. The van der Waals surface area contributed by atoms with E-state index < -0.39 is 0 Å². The van der Waals surface area contributed by atoms with Crippen molar-refractivity contribution < 1.29 is 9.53 Å². The molecule has 0 radical (unpaired) electrons. The quantitative estimate of drug-likeness (QED) is 0.474. The first kappa shape index (κ1) is 5.60. The van der Waals surface area contributed by atoms with Crippen molar-refractivity contribution in [3.05, 3.63) is 0 Å². The van der Waals surface area contributed by atoms with Gasteiger partial charge >= 0.3 is 5.97 Å². The average Bonchev–Trinajstić information content (AvgIpc) is 2.14. The first-order valence-corrected chi connectivity index (χ1v) is 2.98. The molecule has 1 rings (SSSR count). The summed E-state index contributed by atoms with van der Waals surface area (Å²) in [7, 11) is 0. The van der Waals surface area contributed by atoms with Crippen LogP contribution in [0.15, 0.2) is 0 Å². The number of hydrogen-bond donors (Lipinski definition) is 0. The van der Waals surface area contributed by atoms with E-state index in [1.807, 2.05) is 0 Å². The van der Waals surface area contributed by atoms with Crippen molar-refractivity contribution in [3.8, 4) is 0 Å². The Morgan fingerprint density at radius 1 is 1.88 bits per heavy atom. The van der Waals surface area contributed by atoms with Gasteiger partial charge in [-0.1, -0.05) is 6.92 Å². The molecule has 0 aromatic carbocycles. The summed E-state index contributed by atoms with van der Waals surface area (Å²) in [6, 6.07) is 0. The zero-order chi connectivity index (χ0) is 5.98. The molecule has 1 aliphatic rings. The molecule has 0 aromatic rings. The van der Waals surface area contributed by atoms with Crippen LogP contribution in [0, 0.1) is 5.92 Å². The highest BCUT2D eigenvalue weighted by Gasteiger charge is 2.21. The van der Waals surface area contributed by atoms with Gasteiger partial charge < -0.3 is 4.74 Å². The van der Waals surface area contributed by atoms with Gasteiger partial charge in [0.1, 0.15) is 0 Å². The van der Waals surface area contributed by atoms with Crippen LogP contribution in [0.3, 0.4) is 0 Å². The first-order valence-electron chi connectivity index (χ1n) is 2.98. The van der Waals surface area contributed by atoms with Gasteiger partial charge in [-0.25, -0.2) is 0 Å². The fourth-order valence-corrected chi connectivity index (χ4v) is 0.827. The lowest BCUT2D eigenvalue weighted by Crippen LogP contribution is -1.94. The summed E-state index contributed by atoms with van der Waals surface area (Å²) in [6.45, 7) is 2.72. The molecular weight excluding hydrogens is 104 g/mol. The Morgan fingerprint density at radius 2 is 2.62 bits per heavy atom. The van der Waals surface area contributed by atoms with Gasteiger partial charge in [-0.3, -0.25) is 4.79 Å². The largest absolute Gasteiger partial charge is 0.465 e. The summed E-state index contributed by atoms with van der Waals surface area (Å²) in [5, 5.41) is 0. The third-order valence-electron chi connectivity index (χ3n) is 1.51. The molecule has 0 amide bonds. The van der Waals surface area contributed by atoms with Gasteiger partial charge in [-0.2, -0.15) is 0 Å². The van der Waals surface area contributed by atoms with Gasteiger partial charge in [0.2, 0.25) is 0 Å². The number of esters is 1. The van der Waals surface area contributed by atoms with Crippen LogP contribution in [0.25, 0.3) is 0 Å². The van der Waals surface area contributed by atoms with Crippen LogP contribution in [0.1, 0.15) is 19.8 Å². The lowest BCUT2D eigenvalue weighted by Gasteiger charge is -1.95. The molecule has 1 unspecified atom stereocenters. The van der Waals surface area contributed by atoms with E-state index in [2.05, 4.69) is 6.92 Å². The summed E-state index contributed by atoms with van der Waals surface area (Å²) in [5.41, 5.74) is 0. The predicted molar refractivity (Wildman–Crippen MR) is 29.4 cm³/mol. The smallest absolute Gasteiger partial charge is 0.306 e. The fourth-order valence-electron chi connectivity index (χ4n) is 0.827. The highest BCUT2D eigenvalue weighted by atomic mass is 16.5. The van der Waals surface area contributed by atoms with Crippen LogP contribution < -0.4 is 0 Å². The van der Waals surface area contributed by atoms with Crippen LogP contribution in [-0.2, 0) is 9.53 Å². The summed E-state index contributed by atoms with van der Waals surface area (Å²) in [6.07, 6.45) is 1.70. The van der Waals surface area contributed by atoms with Crippen LogP contribution in [0.5, 0.6) is 0 Å². The van der Waals surface area contributed by atoms with Gasteiger partial charge in [0, 0.05) is 5.92 Å². The monoisotopic (exact) mass is 114 g/mol. The number of carbonyl (C=O) groups is 1. The van der Waals surface area contributed by atoms with E-state index in [1.54, 1.807) is 0 Å². The second-order valence-electron chi connectivity index (χ2n) is 2.16. The van der Waals surface area contributed by atoms with E-state index >= 15 is 0 Å². The molecule has 1 aliphatic heterocycles. The van der Waals surface area contributed by atoms with Gasteiger partial charge in [0.15, 0.2) is 0 Å². The average molecular weight is 114 g/mol. The van der Waals surface area contributed by atoms with Gasteiger partial charge in [-0.15, -0.1) is 0 Å². The van der Waals surface area contributed by atoms with Crippen LogP contribution >= 0.6 is 0 Å². The molecule has 1 fully saturated rings. The van der Waals surface area contributed by atoms with Crippen molar-refractivity contribution in [1.82, 2.24) is 0 Å². The molecule has 2 nitrogen and oxygen atoms in total. The lowest BCUT2D eigenvalue weighted by molar-refractivity contribution is -0.137. The standard InChI is InChI=1S/C6H10O2/c1-2-5-3-6(7)8-4-5/h5H,2-4H2,1H3. The van der Waals surface area contributed by atoms with E-state index in [4.69, 9.17) is 4.74 Å². The van der Waals surface area contributed by atoms with Gasteiger partial charge in [0.05, 0.1) is 13.0 Å². The Hall–Kier alpha value is -0.530. The number of ether oxygens (including phenoxy) is 1. The maximum Gasteiger partial charge on any atom is 0.306 e. The van der Waals surface area contributed by atoms with Crippen LogP contribution in [-0.4, -0.2) is 12.6 Å². The number of carbonyl (C=O) groups excluding carboxylic acids is 1. The third-order valence-corrected chi connectivity index (χ3v) is 1.51. The predicted octanol–water partition coefficient (Wildman–Crippen LogP) is 0.960. The van der Waals surface area contributed by atoms with Crippen molar-refractivity contribution >= 4 is 5.97 Å². The number of cyclic esters (lactones) is 1. The summed E-state index contributed by atoms with van der Waals surface area (Å²) >= 11 is 0. The highest BCUT2D eigenvalue weighted by molar-refractivity contribution is 5.71. The fraction of sp³-hybridized carbons (Fsp3) is 0.833. The molecule has 0 bridgehead atoms. The van der Waals surface area contributed by atoms with E-state index in [0.717, 1.165) is 6.42 Å².